The molecule has 2 atom stereocenters. The van der Waals surface area contributed by atoms with E-state index in [1.54, 1.807) is 16.8 Å². The highest BCUT2D eigenvalue weighted by atomic mass is 35.5. The highest BCUT2D eigenvalue weighted by molar-refractivity contribution is 7.18. The molecule has 4 aromatic heterocycles. The molecular weight excluding hydrogens is 660 g/mol. The van der Waals surface area contributed by atoms with Crippen LogP contribution in [0.25, 0.3) is 21.5 Å². The predicted octanol–water partition coefficient (Wildman–Crippen LogP) is 5.43. The summed E-state index contributed by atoms with van der Waals surface area (Å²) in [5, 5.41) is 12.5. The number of hydrogen-bond donors (Lipinski definition) is 1. The van der Waals surface area contributed by atoms with Crippen molar-refractivity contribution >= 4 is 45.8 Å². The van der Waals surface area contributed by atoms with E-state index in [9.17, 15) is 19.5 Å². The Labute approximate surface area is 293 Å². The van der Waals surface area contributed by atoms with Gasteiger partial charge in [-0.15, -0.1) is 11.3 Å². The first-order valence-corrected chi connectivity index (χ1v) is 17.8. The van der Waals surface area contributed by atoms with Gasteiger partial charge >= 0.3 is 0 Å². The number of aromatic nitrogens is 4. The highest BCUT2D eigenvalue weighted by Gasteiger charge is 2.42. The summed E-state index contributed by atoms with van der Waals surface area (Å²) >= 11 is 8.18. The lowest BCUT2D eigenvalue weighted by atomic mass is 9.79. The molecule has 5 aromatic rings. The standard InChI is InChI=1S/C37H39ClN6O4S/c1-23-9-10-26(19-39-23)31-24(2)30(38)32(49-31)36(47)43-16-12-27(29(20-43)25-7-5-4-6-8-25)34(45)42-17-13-37(48,14-18-42)21-44-22-40-33-28(35(44)46)11-15-41(33)3/h4-11,15,19,22,27,29,48H,12-14,16-18,20-21H2,1-3H3/t27-,29+/m1/s1. The molecule has 1 N–H and O–H groups in total. The zero-order valence-electron chi connectivity index (χ0n) is 27.8. The zero-order chi connectivity index (χ0) is 34.4. The number of amides is 2. The Bertz CT molecular complexity index is 2080. The van der Waals surface area contributed by atoms with Gasteiger partial charge in [-0.25, -0.2) is 4.98 Å². The fourth-order valence-corrected chi connectivity index (χ4v) is 8.77. The van der Waals surface area contributed by atoms with Gasteiger partial charge in [0.15, 0.2) is 0 Å². The van der Waals surface area contributed by atoms with Gasteiger partial charge in [0, 0.05) is 73.6 Å². The van der Waals surface area contributed by atoms with Crippen LogP contribution < -0.4 is 5.56 Å². The average Bonchev–Trinajstić information content (AvgIpc) is 3.64. The van der Waals surface area contributed by atoms with Crippen molar-refractivity contribution < 1.29 is 14.7 Å². The van der Waals surface area contributed by atoms with E-state index in [2.05, 4.69) is 9.97 Å². The topological polar surface area (TPSA) is 114 Å². The first-order valence-electron chi connectivity index (χ1n) is 16.6. The van der Waals surface area contributed by atoms with Gasteiger partial charge in [-0.1, -0.05) is 48.0 Å². The number of piperidine rings is 2. The number of thiophene rings is 1. The molecule has 254 valence electrons. The maximum Gasteiger partial charge on any atom is 0.265 e. The van der Waals surface area contributed by atoms with E-state index in [0.717, 1.165) is 27.3 Å². The summed E-state index contributed by atoms with van der Waals surface area (Å²) in [6.45, 7) is 5.57. The fourth-order valence-electron chi connectivity index (χ4n) is 7.27. The molecule has 12 heteroatoms. The van der Waals surface area contributed by atoms with Crippen molar-refractivity contribution in [2.75, 3.05) is 26.2 Å². The van der Waals surface area contributed by atoms with E-state index >= 15 is 0 Å². The van der Waals surface area contributed by atoms with Gasteiger partial charge < -0.3 is 19.5 Å². The minimum absolute atomic E-state index is 0.0340. The number of benzene rings is 1. The molecule has 49 heavy (non-hydrogen) atoms. The van der Waals surface area contributed by atoms with Gasteiger partial charge in [0.05, 0.1) is 22.6 Å². The Balaban J connectivity index is 1.06. The molecule has 2 saturated heterocycles. The molecule has 0 saturated carbocycles. The number of likely N-dealkylation sites (tertiary alicyclic amines) is 2. The van der Waals surface area contributed by atoms with E-state index < -0.39 is 5.60 Å². The number of rotatable bonds is 6. The minimum Gasteiger partial charge on any atom is -0.388 e. The maximum absolute atomic E-state index is 14.2. The van der Waals surface area contributed by atoms with Crippen molar-refractivity contribution in [2.24, 2.45) is 13.0 Å². The summed E-state index contributed by atoms with van der Waals surface area (Å²) in [5.74, 6) is -0.612. The average molecular weight is 699 g/mol. The van der Waals surface area contributed by atoms with Crippen molar-refractivity contribution in [1.82, 2.24) is 28.9 Å². The number of carbonyl (C=O) groups excluding carboxylic acids is 2. The molecule has 2 fully saturated rings. The number of hydrogen-bond acceptors (Lipinski definition) is 7. The molecule has 2 amide bonds. The number of aliphatic hydroxyl groups is 1. The number of aryl methyl sites for hydroxylation is 2. The SMILES string of the molecule is Cc1ccc(-c2sc(C(=O)N3CC[C@@H](C(=O)N4CCC(O)(Cn5cnc6c(ccn6C)c5=O)CC4)[C@H](c4ccccc4)C3)c(Cl)c2C)cn1. The van der Waals surface area contributed by atoms with Crippen LogP contribution in [0.15, 0.2) is 72.0 Å². The van der Waals surface area contributed by atoms with E-state index in [1.165, 1.54) is 22.2 Å². The normalized spacial score (nSPS) is 19.4. The van der Waals surface area contributed by atoms with Gasteiger partial charge in [0.25, 0.3) is 11.5 Å². The van der Waals surface area contributed by atoms with Crippen molar-refractivity contribution in [1.29, 1.82) is 0 Å². The molecule has 2 aliphatic heterocycles. The van der Waals surface area contributed by atoms with Gasteiger partial charge in [-0.2, -0.15) is 0 Å². The summed E-state index contributed by atoms with van der Waals surface area (Å²) < 4.78 is 3.27. The van der Waals surface area contributed by atoms with Crippen molar-refractivity contribution in [3.05, 3.63) is 104 Å². The third-order valence-corrected chi connectivity index (χ3v) is 12.1. The third kappa shape index (κ3) is 6.31. The van der Waals surface area contributed by atoms with Crippen molar-refractivity contribution in [3.8, 4) is 10.4 Å². The quantitative estimate of drug-likeness (QED) is 0.253. The zero-order valence-corrected chi connectivity index (χ0v) is 29.4. The first-order chi connectivity index (χ1) is 23.5. The minimum atomic E-state index is -1.13. The largest absolute Gasteiger partial charge is 0.388 e. The second kappa shape index (κ2) is 13.2. The monoisotopic (exact) mass is 698 g/mol. The van der Waals surface area contributed by atoms with Crippen LogP contribution in [0, 0.1) is 19.8 Å². The van der Waals surface area contributed by atoms with Crippen molar-refractivity contribution in [3.63, 3.8) is 0 Å². The Hall–Kier alpha value is -4.32. The molecule has 1 aromatic carbocycles. The lowest BCUT2D eigenvalue weighted by Gasteiger charge is -2.43. The number of carbonyl (C=O) groups is 2. The number of nitrogens with zero attached hydrogens (tertiary/aromatic N) is 6. The molecule has 2 aliphatic rings. The van der Waals surface area contributed by atoms with E-state index in [0.29, 0.717) is 66.4 Å². The molecule has 0 spiro atoms. The molecule has 0 unspecified atom stereocenters. The molecule has 7 rings (SSSR count). The predicted molar refractivity (Wildman–Crippen MR) is 191 cm³/mol. The van der Waals surface area contributed by atoms with Gasteiger partial charge in [0.1, 0.15) is 16.9 Å². The summed E-state index contributed by atoms with van der Waals surface area (Å²) in [4.78, 5) is 55.2. The molecule has 10 nitrogen and oxygen atoms in total. The fraction of sp³-hybridized carbons (Fsp3) is 0.378. The van der Waals surface area contributed by atoms with Crippen LogP contribution in [0.1, 0.15) is 51.7 Å². The molecule has 0 radical (unpaired) electrons. The van der Waals surface area contributed by atoms with Crippen LogP contribution in [-0.4, -0.2) is 77.6 Å². The lowest BCUT2D eigenvalue weighted by Crippen LogP contribution is -2.53. The van der Waals surface area contributed by atoms with Crippen LogP contribution in [0.2, 0.25) is 5.02 Å². The number of fused-ring (bicyclic) bond motifs is 1. The Morgan fingerprint density at radius 1 is 1.02 bits per heavy atom. The molecule has 0 bridgehead atoms. The van der Waals surface area contributed by atoms with Crippen LogP contribution in [-0.2, 0) is 18.4 Å². The molecular formula is C37H39ClN6O4S. The van der Waals surface area contributed by atoms with Crippen LogP contribution in [0.3, 0.4) is 0 Å². The molecule has 0 aliphatic carbocycles. The van der Waals surface area contributed by atoms with Gasteiger partial charge in [-0.05, 0) is 56.4 Å². The number of halogens is 1. The van der Waals surface area contributed by atoms with E-state index in [-0.39, 0.29) is 35.8 Å². The third-order valence-electron chi connectivity index (χ3n) is 10.2. The summed E-state index contributed by atoms with van der Waals surface area (Å²) in [7, 11) is 1.84. The lowest BCUT2D eigenvalue weighted by molar-refractivity contribution is -0.142. The Morgan fingerprint density at radius 2 is 1.78 bits per heavy atom. The Kier molecular flexibility index (Phi) is 8.93. The maximum atomic E-state index is 14.2. The van der Waals surface area contributed by atoms with Crippen LogP contribution >= 0.6 is 22.9 Å². The first kappa shape index (κ1) is 33.2. The summed E-state index contributed by atoms with van der Waals surface area (Å²) in [5.41, 5.74) is 2.99. The smallest absolute Gasteiger partial charge is 0.265 e. The molecule has 6 heterocycles. The van der Waals surface area contributed by atoms with Crippen molar-refractivity contribution in [2.45, 2.75) is 51.2 Å². The van der Waals surface area contributed by atoms with Gasteiger partial charge in [-0.3, -0.25) is 23.9 Å². The van der Waals surface area contributed by atoms with Crippen LogP contribution in [0.5, 0.6) is 0 Å². The number of pyridine rings is 1. The second-order valence-corrected chi connectivity index (χ2v) is 14.8. The summed E-state index contributed by atoms with van der Waals surface area (Å²) in [6, 6.07) is 15.6. The summed E-state index contributed by atoms with van der Waals surface area (Å²) in [6.07, 6.45) is 6.30. The second-order valence-electron chi connectivity index (χ2n) is 13.4. The Morgan fingerprint density at radius 3 is 2.49 bits per heavy atom. The van der Waals surface area contributed by atoms with E-state index in [4.69, 9.17) is 11.6 Å². The van der Waals surface area contributed by atoms with Gasteiger partial charge in [0.2, 0.25) is 5.91 Å². The highest BCUT2D eigenvalue weighted by Crippen LogP contribution is 2.42. The van der Waals surface area contributed by atoms with E-state index in [1.807, 2.05) is 79.4 Å². The van der Waals surface area contributed by atoms with Crippen LogP contribution in [0.4, 0.5) is 0 Å².